The van der Waals surface area contributed by atoms with Crippen molar-refractivity contribution in [2.75, 3.05) is 13.2 Å². The van der Waals surface area contributed by atoms with Gasteiger partial charge in [-0.3, -0.25) is 0 Å². The molecule has 4 aliphatic carbocycles. The van der Waals surface area contributed by atoms with E-state index in [1.165, 1.54) is 116 Å². The lowest BCUT2D eigenvalue weighted by atomic mass is 9.84. The van der Waals surface area contributed by atoms with Gasteiger partial charge in [0.2, 0.25) is 0 Å². The lowest BCUT2D eigenvalue weighted by Gasteiger charge is -2.23. The van der Waals surface area contributed by atoms with E-state index in [1.54, 1.807) is 11.1 Å². The molecule has 0 radical (unpaired) electrons. The molecule has 0 bridgehead atoms. The van der Waals surface area contributed by atoms with E-state index < -0.39 is 0 Å². The third-order valence-corrected chi connectivity index (χ3v) is 11.9. The molecule has 294 valence electrons. The van der Waals surface area contributed by atoms with Crippen LogP contribution in [0.5, 0.6) is 0 Å². The van der Waals surface area contributed by atoms with Gasteiger partial charge in [0.25, 0.3) is 0 Å². The second kappa shape index (κ2) is 28.9. The number of hydrogen-bond acceptors (Lipinski definition) is 2. The summed E-state index contributed by atoms with van der Waals surface area (Å²) in [5.74, 6) is 7.56. The summed E-state index contributed by atoms with van der Waals surface area (Å²) >= 11 is 0. The third-order valence-electron chi connectivity index (χ3n) is 11.9. The Labute approximate surface area is 310 Å². The molecule has 3 heteroatoms. The standard InChI is InChI=1S/2C8H16.2C8H14.2C7H14O.H2O.H2/c4*1-7-3-5-8(2)6-4-7;2*1-6-3-4-7(2)8-5-6;;/h2*7-8H,3-6H2,1-2H3;2*3,8H,4-6H2,1-2H3;2*6-7H,3-5H2,1-2H3;1H2;1H. The first-order valence-electron chi connectivity index (χ1n) is 21.3. The normalized spacial score (nSPS) is 35.7. The summed E-state index contributed by atoms with van der Waals surface area (Å²) in [6.07, 6.45) is 30.9. The van der Waals surface area contributed by atoms with Gasteiger partial charge in [-0.15, -0.1) is 0 Å². The van der Waals surface area contributed by atoms with Crippen molar-refractivity contribution in [2.45, 2.75) is 211 Å². The first kappa shape index (κ1) is 48.4. The van der Waals surface area contributed by atoms with Gasteiger partial charge in [0.1, 0.15) is 0 Å². The largest absolute Gasteiger partial charge is 0.412 e. The van der Waals surface area contributed by atoms with Gasteiger partial charge in [0, 0.05) is 14.6 Å². The molecule has 0 aromatic rings. The molecule has 0 aromatic carbocycles. The number of ether oxygens (including phenoxy) is 2. The van der Waals surface area contributed by atoms with Gasteiger partial charge in [0.15, 0.2) is 0 Å². The maximum absolute atomic E-state index is 5.39. The molecule has 2 aliphatic heterocycles. The van der Waals surface area contributed by atoms with Crippen LogP contribution >= 0.6 is 0 Å². The minimum Gasteiger partial charge on any atom is -0.412 e. The van der Waals surface area contributed by atoms with E-state index in [4.69, 9.17) is 9.47 Å². The summed E-state index contributed by atoms with van der Waals surface area (Å²) in [5, 5.41) is 0. The Balaban J connectivity index is 0. The molecule has 2 heterocycles. The van der Waals surface area contributed by atoms with E-state index in [1.807, 2.05) is 0 Å². The van der Waals surface area contributed by atoms with Crippen molar-refractivity contribution in [1.29, 1.82) is 0 Å². The Kier molecular flexibility index (Phi) is 28.5. The summed E-state index contributed by atoms with van der Waals surface area (Å²) in [7, 11) is 0. The fraction of sp³-hybridized carbons (Fsp3) is 0.913. The highest BCUT2D eigenvalue weighted by molar-refractivity contribution is 5.02. The van der Waals surface area contributed by atoms with Crippen LogP contribution in [0.2, 0.25) is 0 Å². The van der Waals surface area contributed by atoms with Gasteiger partial charge in [-0.1, -0.05) is 130 Å². The van der Waals surface area contributed by atoms with E-state index in [0.717, 1.165) is 60.6 Å². The average molecular weight is 693 g/mol. The topological polar surface area (TPSA) is 50.0 Å². The monoisotopic (exact) mass is 693 g/mol. The summed E-state index contributed by atoms with van der Waals surface area (Å²) in [5.41, 5.74) is 3.17. The molecular formula is C46H92O3. The quantitative estimate of drug-likeness (QED) is 0.237. The average Bonchev–Trinajstić information content (AvgIpc) is 3.07. The Morgan fingerprint density at radius 1 is 0.388 bits per heavy atom. The van der Waals surface area contributed by atoms with Crippen LogP contribution in [0, 0.1) is 47.3 Å². The van der Waals surface area contributed by atoms with Crippen LogP contribution in [-0.4, -0.2) is 30.9 Å². The van der Waals surface area contributed by atoms with Gasteiger partial charge in [-0.25, -0.2) is 0 Å². The van der Waals surface area contributed by atoms with Gasteiger partial charge in [0.05, 0.1) is 12.2 Å². The second-order valence-electron chi connectivity index (χ2n) is 18.2. The molecule has 49 heavy (non-hydrogen) atoms. The van der Waals surface area contributed by atoms with Crippen LogP contribution < -0.4 is 0 Å². The zero-order chi connectivity index (χ0) is 35.9. The maximum Gasteiger partial charge on any atom is 0.0547 e. The number of allylic oxidation sites excluding steroid dienone is 4. The molecule has 3 nitrogen and oxygen atoms in total. The highest BCUT2D eigenvalue weighted by Gasteiger charge is 2.15. The molecule has 0 amide bonds. The lowest BCUT2D eigenvalue weighted by Crippen LogP contribution is -2.21. The van der Waals surface area contributed by atoms with Crippen LogP contribution in [0.4, 0.5) is 0 Å². The summed E-state index contributed by atoms with van der Waals surface area (Å²) in [6, 6.07) is 0. The molecule has 2 saturated heterocycles. The Bertz CT molecular complexity index is 659. The summed E-state index contributed by atoms with van der Waals surface area (Å²) < 4.78 is 10.8. The van der Waals surface area contributed by atoms with Crippen molar-refractivity contribution < 1.29 is 16.4 Å². The van der Waals surface area contributed by atoms with E-state index in [2.05, 4.69) is 95.2 Å². The van der Waals surface area contributed by atoms with Crippen LogP contribution in [0.3, 0.4) is 0 Å². The molecule has 4 fully saturated rings. The fourth-order valence-corrected chi connectivity index (χ4v) is 7.08. The zero-order valence-electron chi connectivity index (χ0n) is 35.4. The Morgan fingerprint density at radius 2 is 0.653 bits per heavy atom. The molecule has 2 N–H and O–H groups in total. The van der Waals surface area contributed by atoms with Gasteiger partial charge in [-0.2, -0.15) is 0 Å². The van der Waals surface area contributed by atoms with Crippen molar-refractivity contribution in [3.05, 3.63) is 23.3 Å². The SMILES string of the molecule is CC1=CCC(C)CC1.CC1=CCC(C)CC1.CC1CCC(C)CC1.CC1CCC(C)CC1.CC1CCC(C)OC1.CC1CCC(C)OC1.O.[HH]. The molecule has 6 unspecified atom stereocenters. The minimum atomic E-state index is 0. The molecule has 6 aliphatic rings. The van der Waals surface area contributed by atoms with Crippen LogP contribution in [0.25, 0.3) is 0 Å². The van der Waals surface area contributed by atoms with Crippen molar-refractivity contribution in [2.24, 2.45) is 47.3 Å². The van der Waals surface area contributed by atoms with Crippen molar-refractivity contribution in [3.63, 3.8) is 0 Å². The smallest absolute Gasteiger partial charge is 0.0547 e. The predicted octanol–water partition coefficient (Wildman–Crippen LogP) is 14.2. The molecule has 2 saturated carbocycles. The Hall–Kier alpha value is -0.640. The number of rotatable bonds is 0. The highest BCUT2D eigenvalue weighted by atomic mass is 16.5. The van der Waals surface area contributed by atoms with Crippen LogP contribution in [0.1, 0.15) is 200 Å². The number of hydrogen-bond donors (Lipinski definition) is 0. The van der Waals surface area contributed by atoms with E-state index in [-0.39, 0.29) is 6.90 Å². The van der Waals surface area contributed by atoms with Gasteiger partial charge < -0.3 is 14.9 Å². The third kappa shape index (κ3) is 27.7. The van der Waals surface area contributed by atoms with Crippen LogP contribution in [0.15, 0.2) is 23.3 Å². The van der Waals surface area contributed by atoms with Crippen LogP contribution in [-0.2, 0) is 9.47 Å². The molecular weight excluding hydrogens is 601 g/mol. The molecule has 6 atom stereocenters. The highest BCUT2D eigenvalue weighted by Crippen LogP contribution is 2.28. The van der Waals surface area contributed by atoms with Crippen molar-refractivity contribution in [3.8, 4) is 0 Å². The first-order valence-corrected chi connectivity index (χ1v) is 21.3. The van der Waals surface area contributed by atoms with E-state index in [9.17, 15) is 0 Å². The maximum atomic E-state index is 5.39. The Morgan fingerprint density at radius 3 is 0.816 bits per heavy atom. The molecule has 0 spiro atoms. The van der Waals surface area contributed by atoms with Crippen molar-refractivity contribution in [1.82, 2.24) is 0 Å². The summed E-state index contributed by atoms with van der Waals surface area (Å²) in [4.78, 5) is 0. The lowest BCUT2D eigenvalue weighted by molar-refractivity contribution is 0.000174. The molecule has 0 aromatic heterocycles. The fourth-order valence-electron chi connectivity index (χ4n) is 7.08. The summed E-state index contributed by atoms with van der Waals surface area (Å²) in [6.45, 7) is 29.3. The second-order valence-corrected chi connectivity index (χ2v) is 18.2. The predicted molar refractivity (Wildman–Crippen MR) is 220 cm³/mol. The van der Waals surface area contributed by atoms with Crippen molar-refractivity contribution >= 4 is 0 Å². The van der Waals surface area contributed by atoms with Gasteiger partial charge in [-0.05, 0) is 139 Å². The zero-order valence-corrected chi connectivity index (χ0v) is 35.4. The van der Waals surface area contributed by atoms with Gasteiger partial charge >= 0.3 is 0 Å². The minimum absolute atomic E-state index is 0. The first-order chi connectivity index (χ1) is 22.7. The van der Waals surface area contributed by atoms with E-state index >= 15 is 0 Å². The van der Waals surface area contributed by atoms with E-state index in [0.29, 0.717) is 12.2 Å². The molecule has 6 rings (SSSR count).